The van der Waals surface area contributed by atoms with E-state index in [-0.39, 0.29) is 52.2 Å². The number of anilines is 1. The van der Waals surface area contributed by atoms with E-state index in [1.807, 2.05) is 54.6 Å². The fourth-order valence-corrected chi connectivity index (χ4v) is 11.9. The van der Waals surface area contributed by atoms with Crippen molar-refractivity contribution in [3.8, 4) is 11.5 Å². The minimum absolute atomic E-state index is 0.0530. The minimum Gasteiger partial charge on any atom is -0.493 e. The maximum Gasteiger partial charge on any atom is 0.327 e. The molecule has 2 aliphatic carbocycles. The number of thioether (sulfide) groups is 1. The van der Waals surface area contributed by atoms with Crippen LogP contribution in [0.4, 0.5) is 5.69 Å². The monoisotopic (exact) mass is 713 g/mol. The SMILES string of the molecule is COc1cc([C@H]2c3sc(=O)[nH]c3SC3C4CC(C5C(=O)N(C(C(=O)O)C(C)C)C(=O)C45)C32)ccc1OCC(=O)Nc1cccc2ccccc12. The van der Waals surface area contributed by atoms with E-state index in [4.69, 9.17) is 9.47 Å². The molecule has 0 spiro atoms. The Kier molecular flexibility index (Phi) is 8.02. The van der Waals surface area contributed by atoms with Crippen LogP contribution in [-0.2, 0) is 19.2 Å². The number of carbonyl (C=O) groups excluding carboxylic acids is 3. The number of hydrogen-bond acceptors (Lipinski definition) is 9. The summed E-state index contributed by atoms with van der Waals surface area (Å²) >= 11 is 2.71. The van der Waals surface area contributed by atoms with E-state index in [1.165, 1.54) is 7.11 Å². The smallest absolute Gasteiger partial charge is 0.327 e. The Morgan fingerprint density at radius 3 is 2.48 bits per heavy atom. The molecule has 8 atom stereocenters. The molecule has 3 heterocycles. The number of likely N-dealkylation sites (tertiary alicyclic amines) is 1. The summed E-state index contributed by atoms with van der Waals surface area (Å²) in [6.45, 7) is 3.17. The Bertz CT molecular complexity index is 2120. The summed E-state index contributed by atoms with van der Waals surface area (Å²) in [4.78, 5) is 70.4. The van der Waals surface area contributed by atoms with Crippen molar-refractivity contribution in [1.82, 2.24) is 9.88 Å². The Hall–Kier alpha value is -4.62. The van der Waals surface area contributed by atoms with Gasteiger partial charge in [-0.1, -0.05) is 67.6 Å². The zero-order valence-corrected chi connectivity index (χ0v) is 29.1. The summed E-state index contributed by atoms with van der Waals surface area (Å²) in [7, 11) is 1.52. The molecule has 8 rings (SSSR count). The van der Waals surface area contributed by atoms with E-state index in [9.17, 15) is 29.1 Å². The van der Waals surface area contributed by atoms with Crippen LogP contribution in [-0.4, -0.2) is 63.7 Å². The van der Waals surface area contributed by atoms with Gasteiger partial charge in [0.25, 0.3) is 5.91 Å². The Morgan fingerprint density at radius 1 is 1.00 bits per heavy atom. The summed E-state index contributed by atoms with van der Waals surface area (Å²) < 4.78 is 11.7. The van der Waals surface area contributed by atoms with Crippen LogP contribution in [0.25, 0.3) is 10.8 Å². The number of H-pyrrole nitrogens is 1. The van der Waals surface area contributed by atoms with Gasteiger partial charge in [-0.05, 0) is 59.2 Å². The fourth-order valence-electron chi connectivity index (χ4n) is 9.04. The molecule has 3 N–H and O–H groups in total. The van der Waals surface area contributed by atoms with Gasteiger partial charge < -0.3 is 24.9 Å². The van der Waals surface area contributed by atoms with Gasteiger partial charge in [-0.25, -0.2) is 4.79 Å². The van der Waals surface area contributed by atoms with E-state index in [1.54, 1.807) is 31.7 Å². The number of nitrogens with one attached hydrogen (secondary N) is 2. The lowest BCUT2D eigenvalue weighted by atomic mass is 9.68. The standard InChI is InChI=1S/C37H35N3O8S2/c1-16(2)30(36(44)45)40-34(42)28-20-14-21(29(28)35(40)43)31-27(20)26(32-33(49-31)39-37(46)50-32)18-11-12-23(24(13-18)47-3)48-15-25(41)38-22-10-6-8-17-7-4-5-9-19(17)22/h4-13,16,20-21,26-31H,14-15H2,1-3H3,(H,38,41)(H,39,46)(H,44,45)/t20?,21?,26-,27?,28?,29?,30?,31?/m1/s1. The van der Waals surface area contributed by atoms with E-state index >= 15 is 0 Å². The van der Waals surface area contributed by atoms with Crippen LogP contribution in [0.1, 0.15) is 36.6 Å². The number of ether oxygens (including phenoxy) is 2. The normalized spacial score (nSPS) is 26.9. The van der Waals surface area contributed by atoms with Gasteiger partial charge in [-0.3, -0.25) is 24.1 Å². The highest BCUT2D eigenvalue weighted by Gasteiger charge is 2.70. The Morgan fingerprint density at radius 2 is 1.74 bits per heavy atom. The van der Waals surface area contributed by atoms with Gasteiger partial charge in [0.15, 0.2) is 18.1 Å². The van der Waals surface area contributed by atoms with Crippen LogP contribution in [0.3, 0.4) is 0 Å². The third-order valence-corrected chi connectivity index (χ3v) is 13.5. The van der Waals surface area contributed by atoms with Gasteiger partial charge in [0.05, 0.1) is 24.0 Å². The molecule has 4 aliphatic rings. The van der Waals surface area contributed by atoms with E-state index in [0.717, 1.165) is 42.5 Å². The van der Waals surface area contributed by atoms with Crippen molar-refractivity contribution in [1.29, 1.82) is 0 Å². The van der Waals surface area contributed by atoms with Gasteiger partial charge >= 0.3 is 10.8 Å². The van der Waals surface area contributed by atoms with E-state index in [2.05, 4.69) is 10.3 Å². The average molecular weight is 714 g/mol. The van der Waals surface area contributed by atoms with Gasteiger partial charge in [0, 0.05) is 27.1 Å². The largest absolute Gasteiger partial charge is 0.493 e. The number of aromatic nitrogens is 1. The second kappa shape index (κ2) is 12.3. The average Bonchev–Trinajstić information content (AvgIpc) is 3.83. The van der Waals surface area contributed by atoms with Crippen LogP contribution in [0.5, 0.6) is 11.5 Å². The number of methoxy groups -OCH3 is 1. The predicted molar refractivity (Wildman–Crippen MR) is 188 cm³/mol. The van der Waals surface area contributed by atoms with Crippen LogP contribution >= 0.6 is 23.1 Å². The number of amides is 3. The molecule has 2 saturated carbocycles. The van der Waals surface area contributed by atoms with Gasteiger partial charge in [-0.15, -0.1) is 11.8 Å². The van der Waals surface area contributed by atoms with Gasteiger partial charge in [0.1, 0.15) is 6.04 Å². The van der Waals surface area contributed by atoms with Gasteiger partial charge in [0.2, 0.25) is 11.8 Å². The molecule has 3 aromatic carbocycles. The molecule has 11 nitrogen and oxygen atoms in total. The summed E-state index contributed by atoms with van der Waals surface area (Å²) in [5.74, 6) is -3.75. The Labute approximate surface area is 295 Å². The lowest BCUT2D eigenvalue weighted by Gasteiger charge is -2.43. The first kappa shape index (κ1) is 32.6. The molecule has 3 amide bonds. The van der Waals surface area contributed by atoms with Crippen LogP contribution in [0, 0.1) is 35.5 Å². The molecule has 0 radical (unpaired) electrons. The molecule has 1 aromatic heterocycles. The maximum absolute atomic E-state index is 14.0. The van der Waals surface area contributed by atoms with Crippen LogP contribution in [0.15, 0.2) is 70.5 Å². The van der Waals surface area contributed by atoms with Crippen molar-refractivity contribution >= 4 is 63.2 Å². The summed E-state index contributed by atoms with van der Waals surface area (Å²) in [5, 5.41) is 15.6. The zero-order chi connectivity index (χ0) is 35.0. The highest BCUT2D eigenvalue weighted by molar-refractivity contribution is 8.00. The maximum atomic E-state index is 14.0. The molecule has 50 heavy (non-hydrogen) atoms. The second-order valence-electron chi connectivity index (χ2n) is 13.8. The summed E-state index contributed by atoms with van der Waals surface area (Å²) in [5.41, 5.74) is 1.55. The molecule has 2 aliphatic heterocycles. The van der Waals surface area contributed by atoms with Gasteiger partial charge in [-0.2, -0.15) is 0 Å². The number of nitrogens with zero attached hydrogens (tertiary/aromatic N) is 1. The van der Waals surface area contributed by atoms with Crippen molar-refractivity contribution in [3.05, 3.63) is 80.8 Å². The van der Waals surface area contributed by atoms with Crippen molar-refractivity contribution in [2.45, 2.75) is 42.5 Å². The number of benzene rings is 3. The number of carbonyl (C=O) groups is 4. The van der Waals surface area contributed by atoms with Crippen molar-refractivity contribution in [3.63, 3.8) is 0 Å². The number of fused-ring (bicyclic) bond motifs is 10. The quantitative estimate of drug-likeness (QED) is 0.199. The number of thiazole rings is 1. The Balaban J connectivity index is 1.08. The van der Waals surface area contributed by atoms with Crippen molar-refractivity contribution < 1.29 is 33.8 Å². The highest BCUT2D eigenvalue weighted by Crippen LogP contribution is 2.68. The molecule has 4 aromatic rings. The number of hydrogen-bond donors (Lipinski definition) is 3. The lowest BCUT2D eigenvalue weighted by Crippen LogP contribution is -2.49. The van der Waals surface area contributed by atoms with Crippen molar-refractivity contribution in [2.75, 3.05) is 19.0 Å². The molecule has 3 fully saturated rings. The molecule has 2 bridgehead atoms. The number of rotatable bonds is 9. The first-order valence-electron chi connectivity index (χ1n) is 16.6. The molecule has 7 unspecified atom stereocenters. The first-order chi connectivity index (χ1) is 24.1. The minimum atomic E-state index is -1.21. The van der Waals surface area contributed by atoms with E-state index < -0.39 is 35.7 Å². The van der Waals surface area contributed by atoms with E-state index in [0.29, 0.717) is 23.6 Å². The van der Waals surface area contributed by atoms with Crippen molar-refractivity contribution in [2.24, 2.45) is 35.5 Å². The molecular weight excluding hydrogens is 679 g/mol. The number of aliphatic carboxylic acids is 1. The highest BCUT2D eigenvalue weighted by atomic mass is 32.2. The zero-order valence-electron chi connectivity index (χ0n) is 27.5. The number of carboxylic acids is 1. The lowest BCUT2D eigenvalue weighted by molar-refractivity contribution is -0.157. The summed E-state index contributed by atoms with van der Waals surface area (Å²) in [6.07, 6.45) is 0.683. The molecule has 1 saturated heterocycles. The number of imide groups is 1. The topological polar surface area (TPSA) is 155 Å². The fraction of sp³-hybridized carbons (Fsp3) is 0.378. The summed E-state index contributed by atoms with van der Waals surface area (Å²) in [6, 6.07) is 17.8. The molecule has 13 heteroatoms. The molecular formula is C37H35N3O8S2. The number of aromatic amines is 1. The third-order valence-electron chi connectivity index (χ3n) is 10.9. The van der Waals surface area contributed by atoms with Crippen LogP contribution < -0.4 is 19.7 Å². The predicted octanol–water partition coefficient (Wildman–Crippen LogP) is 5.20. The molecule has 258 valence electrons. The third kappa shape index (κ3) is 5.04. The first-order valence-corrected chi connectivity index (χ1v) is 18.3. The van der Waals surface area contributed by atoms with Crippen LogP contribution in [0.2, 0.25) is 0 Å². The number of carboxylic acid groups (broad SMARTS) is 1. The second-order valence-corrected chi connectivity index (χ2v) is 16.0.